The molecule has 7 heteroatoms. The summed E-state index contributed by atoms with van der Waals surface area (Å²) >= 11 is 0. The van der Waals surface area contributed by atoms with Gasteiger partial charge in [0.15, 0.2) is 0 Å². The van der Waals surface area contributed by atoms with Crippen molar-refractivity contribution in [3.63, 3.8) is 0 Å². The van der Waals surface area contributed by atoms with Crippen molar-refractivity contribution in [3.8, 4) is 5.75 Å². The molecule has 0 atom stereocenters. The first-order valence-corrected chi connectivity index (χ1v) is 8.32. The van der Waals surface area contributed by atoms with Gasteiger partial charge in [0.05, 0.1) is 12.7 Å². The zero-order valence-electron chi connectivity index (χ0n) is 13.6. The lowest BCUT2D eigenvalue weighted by molar-refractivity contribution is -0.117. The summed E-state index contributed by atoms with van der Waals surface area (Å²) in [6.45, 7) is 1.28. The standard InChI is InChI=1S/C18H18N4O3/c23-17(12-1-2-12)21-14-3-4-16-13(9-14)11-22(7-8-25-16)18(24)15-10-19-5-6-20-15/h3-6,9-10,12H,1-2,7-8,11H2,(H,21,23). The molecular weight excluding hydrogens is 320 g/mol. The average Bonchev–Trinajstić information content (AvgIpc) is 3.48. The number of carbonyl (C=O) groups is 2. The van der Waals surface area contributed by atoms with Gasteiger partial charge in [-0.15, -0.1) is 0 Å². The monoisotopic (exact) mass is 338 g/mol. The van der Waals surface area contributed by atoms with Crippen molar-refractivity contribution in [3.05, 3.63) is 48.0 Å². The Hall–Kier alpha value is -2.96. The van der Waals surface area contributed by atoms with Gasteiger partial charge in [-0.25, -0.2) is 4.98 Å². The molecule has 1 aliphatic carbocycles. The molecule has 1 saturated carbocycles. The molecule has 0 saturated heterocycles. The highest BCUT2D eigenvalue weighted by atomic mass is 16.5. The highest BCUT2D eigenvalue weighted by Gasteiger charge is 2.30. The van der Waals surface area contributed by atoms with Crippen molar-refractivity contribution in [2.45, 2.75) is 19.4 Å². The van der Waals surface area contributed by atoms with Crippen molar-refractivity contribution in [1.29, 1.82) is 0 Å². The summed E-state index contributed by atoms with van der Waals surface area (Å²) < 4.78 is 5.74. The summed E-state index contributed by atoms with van der Waals surface area (Å²) in [4.78, 5) is 34.3. The summed E-state index contributed by atoms with van der Waals surface area (Å²) in [6.07, 6.45) is 6.41. The molecule has 1 aromatic heterocycles. The molecule has 4 rings (SSSR count). The number of hydrogen-bond donors (Lipinski definition) is 1. The number of benzene rings is 1. The lowest BCUT2D eigenvalue weighted by atomic mass is 10.1. The predicted octanol–water partition coefficient (Wildman–Crippen LogP) is 1.86. The van der Waals surface area contributed by atoms with E-state index in [-0.39, 0.29) is 17.7 Å². The minimum atomic E-state index is -0.183. The summed E-state index contributed by atoms with van der Waals surface area (Å²) in [5.41, 5.74) is 1.90. The van der Waals surface area contributed by atoms with Crippen molar-refractivity contribution < 1.29 is 14.3 Å². The van der Waals surface area contributed by atoms with Crippen LogP contribution in [-0.4, -0.2) is 39.8 Å². The number of amides is 2. The molecule has 1 aromatic carbocycles. The molecule has 7 nitrogen and oxygen atoms in total. The smallest absolute Gasteiger partial charge is 0.274 e. The molecule has 0 bridgehead atoms. The van der Waals surface area contributed by atoms with Gasteiger partial charge in [0, 0.05) is 36.1 Å². The van der Waals surface area contributed by atoms with Gasteiger partial charge in [0.2, 0.25) is 5.91 Å². The van der Waals surface area contributed by atoms with E-state index in [1.165, 1.54) is 18.6 Å². The number of nitrogens with zero attached hydrogens (tertiary/aromatic N) is 3. The van der Waals surface area contributed by atoms with E-state index in [4.69, 9.17) is 4.74 Å². The van der Waals surface area contributed by atoms with Crippen LogP contribution in [0.15, 0.2) is 36.8 Å². The number of anilines is 1. The van der Waals surface area contributed by atoms with Crippen LogP contribution in [-0.2, 0) is 11.3 Å². The van der Waals surface area contributed by atoms with E-state index in [1.807, 2.05) is 18.2 Å². The van der Waals surface area contributed by atoms with E-state index in [0.717, 1.165) is 29.8 Å². The van der Waals surface area contributed by atoms with Gasteiger partial charge in [-0.1, -0.05) is 0 Å². The van der Waals surface area contributed by atoms with Crippen molar-refractivity contribution in [1.82, 2.24) is 14.9 Å². The number of nitrogens with one attached hydrogen (secondary N) is 1. The molecule has 2 heterocycles. The number of ether oxygens (including phenoxy) is 1. The molecular formula is C18H18N4O3. The van der Waals surface area contributed by atoms with E-state index < -0.39 is 0 Å². The molecule has 0 spiro atoms. The van der Waals surface area contributed by atoms with Crippen LogP contribution in [0, 0.1) is 5.92 Å². The minimum absolute atomic E-state index is 0.0574. The second-order valence-corrected chi connectivity index (χ2v) is 6.25. The van der Waals surface area contributed by atoms with Crippen LogP contribution < -0.4 is 10.1 Å². The van der Waals surface area contributed by atoms with E-state index in [1.54, 1.807) is 4.90 Å². The largest absolute Gasteiger partial charge is 0.491 e. The molecule has 25 heavy (non-hydrogen) atoms. The zero-order chi connectivity index (χ0) is 17.2. The first-order chi connectivity index (χ1) is 12.2. The molecule has 2 aliphatic rings. The van der Waals surface area contributed by atoms with Crippen LogP contribution in [0.4, 0.5) is 5.69 Å². The van der Waals surface area contributed by atoms with Gasteiger partial charge in [-0.05, 0) is 31.0 Å². The minimum Gasteiger partial charge on any atom is -0.491 e. The van der Waals surface area contributed by atoms with Crippen LogP contribution in [0.3, 0.4) is 0 Å². The normalized spacial score (nSPS) is 16.4. The first-order valence-electron chi connectivity index (χ1n) is 8.32. The Kier molecular flexibility index (Phi) is 4.05. The SMILES string of the molecule is O=C(Nc1ccc2c(c1)CN(C(=O)c1cnccn1)CCO2)C1CC1. The van der Waals surface area contributed by atoms with Gasteiger partial charge in [-0.3, -0.25) is 14.6 Å². The highest BCUT2D eigenvalue weighted by molar-refractivity contribution is 5.94. The van der Waals surface area contributed by atoms with Crippen molar-refractivity contribution in [2.24, 2.45) is 5.92 Å². The maximum Gasteiger partial charge on any atom is 0.274 e. The Morgan fingerprint density at radius 2 is 2.12 bits per heavy atom. The topological polar surface area (TPSA) is 84.4 Å². The number of rotatable bonds is 3. The van der Waals surface area contributed by atoms with Crippen molar-refractivity contribution in [2.75, 3.05) is 18.5 Å². The fourth-order valence-electron chi connectivity index (χ4n) is 2.81. The molecule has 0 unspecified atom stereocenters. The summed E-state index contributed by atoms with van der Waals surface area (Å²) in [5.74, 6) is 0.752. The maximum absolute atomic E-state index is 12.6. The van der Waals surface area contributed by atoms with Crippen LogP contribution in [0.5, 0.6) is 5.75 Å². The fourth-order valence-corrected chi connectivity index (χ4v) is 2.81. The van der Waals surface area contributed by atoms with Crippen LogP contribution in [0.2, 0.25) is 0 Å². The molecule has 2 aromatic rings. The number of fused-ring (bicyclic) bond motifs is 1. The summed E-state index contributed by atoms with van der Waals surface area (Å²) in [7, 11) is 0. The van der Waals surface area contributed by atoms with Crippen molar-refractivity contribution >= 4 is 17.5 Å². The zero-order valence-corrected chi connectivity index (χ0v) is 13.6. The molecule has 0 radical (unpaired) electrons. The van der Waals surface area contributed by atoms with Gasteiger partial charge in [0.25, 0.3) is 5.91 Å². The lowest BCUT2D eigenvalue weighted by Crippen LogP contribution is -2.33. The third-order valence-corrected chi connectivity index (χ3v) is 4.33. The van der Waals surface area contributed by atoms with Gasteiger partial charge >= 0.3 is 0 Å². The van der Waals surface area contributed by atoms with E-state index >= 15 is 0 Å². The van der Waals surface area contributed by atoms with E-state index in [9.17, 15) is 9.59 Å². The molecule has 1 fully saturated rings. The lowest BCUT2D eigenvalue weighted by Gasteiger charge is -2.19. The second-order valence-electron chi connectivity index (χ2n) is 6.25. The second kappa shape index (κ2) is 6.51. The highest BCUT2D eigenvalue weighted by Crippen LogP contribution is 2.31. The number of hydrogen-bond acceptors (Lipinski definition) is 5. The van der Waals surface area contributed by atoms with Crippen LogP contribution in [0.25, 0.3) is 0 Å². The molecule has 1 aliphatic heterocycles. The van der Waals surface area contributed by atoms with Gasteiger partial charge in [0.1, 0.15) is 18.1 Å². The van der Waals surface area contributed by atoms with Gasteiger partial charge < -0.3 is 15.0 Å². The Balaban J connectivity index is 1.54. The Bertz CT molecular complexity index is 805. The van der Waals surface area contributed by atoms with E-state index in [2.05, 4.69) is 15.3 Å². The Labute approximate surface area is 145 Å². The number of aromatic nitrogens is 2. The third-order valence-electron chi connectivity index (χ3n) is 4.33. The van der Waals surface area contributed by atoms with Gasteiger partial charge in [-0.2, -0.15) is 0 Å². The number of carbonyl (C=O) groups excluding carboxylic acids is 2. The van der Waals surface area contributed by atoms with Crippen LogP contribution >= 0.6 is 0 Å². The van der Waals surface area contributed by atoms with E-state index in [0.29, 0.717) is 25.4 Å². The predicted molar refractivity (Wildman–Crippen MR) is 90.1 cm³/mol. The maximum atomic E-state index is 12.6. The summed E-state index contributed by atoms with van der Waals surface area (Å²) in [5, 5.41) is 2.93. The van der Waals surface area contributed by atoms with Crippen LogP contribution in [0.1, 0.15) is 28.9 Å². The molecule has 2 amide bonds. The summed E-state index contributed by atoms with van der Waals surface area (Å²) in [6, 6.07) is 5.55. The average molecular weight is 338 g/mol. The molecule has 128 valence electrons. The quantitative estimate of drug-likeness (QED) is 0.923. The molecule has 1 N–H and O–H groups in total. The Morgan fingerprint density at radius 1 is 1.24 bits per heavy atom. The fraction of sp³-hybridized carbons (Fsp3) is 0.333. The first kappa shape index (κ1) is 15.6. The third kappa shape index (κ3) is 3.45. The Morgan fingerprint density at radius 3 is 2.88 bits per heavy atom.